The highest BCUT2D eigenvalue weighted by Crippen LogP contribution is 2.26. The molecule has 1 unspecified atom stereocenters. The number of aryl methyl sites for hydroxylation is 1. The number of hydrogen-bond acceptors (Lipinski definition) is 4. The van der Waals surface area contributed by atoms with Crippen molar-refractivity contribution >= 4 is 0 Å². The van der Waals surface area contributed by atoms with Crippen LogP contribution in [0.25, 0.3) is 0 Å². The zero-order valence-corrected chi connectivity index (χ0v) is 10.3. The molecule has 2 heterocycles. The molecule has 1 saturated heterocycles. The Morgan fingerprint density at radius 2 is 2.44 bits per heavy atom. The van der Waals surface area contributed by atoms with Crippen molar-refractivity contribution in [3.8, 4) is 0 Å². The lowest BCUT2D eigenvalue weighted by atomic mass is 10.2. The Labute approximate surface area is 106 Å². The zero-order chi connectivity index (χ0) is 14.0. The molecular weight excluding hydrogens is 236 g/mol. The maximum Gasteiger partial charge on any atom is 0.330 e. The van der Waals surface area contributed by atoms with Gasteiger partial charge >= 0.3 is 5.69 Å². The van der Waals surface area contributed by atoms with Crippen LogP contribution in [-0.4, -0.2) is 26.9 Å². The molecule has 0 spiro atoms. The third kappa shape index (κ3) is 2.39. The third-order valence-corrected chi connectivity index (χ3v) is 3.08. The number of H-pyrrole nitrogens is 1. The molecule has 1 fully saturated rings. The summed E-state index contributed by atoms with van der Waals surface area (Å²) in [5, 5.41) is 9.71. The average Bonchev–Trinajstić information content (AvgIpc) is 2.74. The van der Waals surface area contributed by atoms with E-state index >= 15 is 0 Å². The topological polar surface area (TPSA) is 84.3 Å². The van der Waals surface area contributed by atoms with Crippen LogP contribution in [0.15, 0.2) is 15.8 Å². The second kappa shape index (κ2) is 5.07. The normalized spacial score (nSPS) is 28.3. The highest BCUT2D eigenvalue weighted by molar-refractivity contribution is 5.05. The zero-order valence-electron chi connectivity index (χ0n) is 11.3. The molecule has 18 heavy (non-hydrogen) atoms. The Kier molecular flexibility index (Phi) is 3.29. The molecule has 1 aromatic rings. The Bertz CT molecular complexity index is 553. The highest BCUT2D eigenvalue weighted by atomic mass is 16.5. The lowest BCUT2D eigenvalue weighted by molar-refractivity contribution is -0.0102. The fraction of sp³-hybridized carbons (Fsp3) is 0.667. The number of hydrogen-bond donors (Lipinski definition) is 2. The van der Waals surface area contributed by atoms with E-state index in [2.05, 4.69) is 4.98 Å². The summed E-state index contributed by atoms with van der Waals surface area (Å²) in [6.45, 7) is 1.89. The summed E-state index contributed by atoms with van der Waals surface area (Å²) in [6.07, 6.45) is 1.16. The van der Waals surface area contributed by atoms with Crippen LogP contribution >= 0.6 is 0 Å². The van der Waals surface area contributed by atoms with Crippen LogP contribution in [0.4, 0.5) is 0 Å². The number of nitrogens with zero attached hydrogens (tertiary/aromatic N) is 1. The van der Waals surface area contributed by atoms with Crippen molar-refractivity contribution in [1.82, 2.24) is 9.55 Å². The van der Waals surface area contributed by atoms with Gasteiger partial charge < -0.3 is 9.84 Å². The molecule has 100 valence electrons. The molecule has 1 aliphatic heterocycles. The van der Waals surface area contributed by atoms with E-state index in [0.29, 0.717) is 12.0 Å². The fourth-order valence-electron chi connectivity index (χ4n) is 2.07. The molecule has 1 aliphatic rings. The van der Waals surface area contributed by atoms with Crippen LogP contribution in [0.5, 0.6) is 0 Å². The number of aromatic amines is 1. The summed E-state index contributed by atoms with van der Waals surface area (Å²) < 4.78 is 14.0. The smallest absolute Gasteiger partial charge is 0.330 e. The van der Waals surface area contributed by atoms with Gasteiger partial charge in [0.25, 0.3) is 5.56 Å². The first-order chi connectivity index (χ1) is 9.06. The van der Waals surface area contributed by atoms with Crippen molar-refractivity contribution in [3.63, 3.8) is 0 Å². The Morgan fingerprint density at radius 1 is 1.67 bits per heavy atom. The van der Waals surface area contributed by atoms with Crippen molar-refractivity contribution in [2.75, 3.05) is 0 Å². The standard InChI is InChI=1S/C12H18N2O4/c1-3-4-8-6-14(12(17)13-11(8)16)10-5-9(15)7(2)18-10/h6-7,9-10,15H,3-5H2,1-2H3,(H,13,16,17)/t7-,9?,10-/m1/s1/i2D. The second-order valence-electron chi connectivity index (χ2n) is 4.50. The SMILES string of the molecule is [2H]C[C@H]1O[C@@H](n2cc(CCC)c(=O)[nH]c2=O)CC1O. The molecule has 0 bridgehead atoms. The summed E-state index contributed by atoms with van der Waals surface area (Å²) in [4.78, 5) is 25.6. The van der Waals surface area contributed by atoms with E-state index in [4.69, 9.17) is 6.11 Å². The minimum absolute atomic E-state index is 0.0579. The lowest BCUT2D eigenvalue weighted by Crippen LogP contribution is -2.34. The minimum Gasteiger partial charge on any atom is -0.390 e. The summed E-state index contributed by atoms with van der Waals surface area (Å²) in [5.41, 5.74) is -0.402. The predicted octanol–water partition coefficient (Wildman–Crippen LogP) is 0.157. The maximum atomic E-state index is 11.8. The van der Waals surface area contributed by atoms with Gasteiger partial charge in [-0.05, 0) is 13.3 Å². The first-order valence-corrected chi connectivity index (χ1v) is 6.04. The molecule has 2 rings (SSSR count). The number of aromatic nitrogens is 2. The molecule has 0 radical (unpaired) electrons. The number of ether oxygens (including phenoxy) is 1. The van der Waals surface area contributed by atoms with Gasteiger partial charge in [0.15, 0.2) is 0 Å². The van der Waals surface area contributed by atoms with Crippen molar-refractivity contribution < 1.29 is 11.2 Å². The van der Waals surface area contributed by atoms with E-state index in [9.17, 15) is 14.7 Å². The van der Waals surface area contributed by atoms with Gasteiger partial charge in [0.05, 0.1) is 12.2 Å². The number of aliphatic hydroxyl groups excluding tert-OH is 1. The molecular formula is C12H18N2O4. The van der Waals surface area contributed by atoms with Crippen molar-refractivity contribution in [1.29, 1.82) is 0 Å². The number of nitrogens with one attached hydrogen (secondary N) is 1. The van der Waals surface area contributed by atoms with Gasteiger partial charge in [-0.2, -0.15) is 0 Å². The van der Waals surface area contributed by atoms with Crippen LogP contribution < -0.4 is 11.2 Å². The first-order valence-electron chi connectivity index (χ1n) is 6.74. The predicted molar refractivity (Wildman–Crippen MR) is 65.5 cm³/mol. The molecule has 3 atom stereocenters. The van der Waals surface area contributed by atoms with Gasteiger partial charge in [0, 0.05) is 19.6 Å². The first kappa shape index (κ1) is 11.7. The number of aliphatic hydroxyl groups is 1. The quantitative estimate of drug-likeness (QED) is 0.805. The molecule has 2 N–H and O–H groups in total. The minimum atomic E-state index is -0.754. The molecule has 6 heteroatoms. The van der Waals surface area contributed by atoms with E-state index in [1.54, 1.807) is 0 Å². The molecule has 0 aromatic carbocycles. The van der Waals surface area contributed by atoms with Gasteiger partial charge in [0.2, 0.25) is 0 Å². The summed E-state index contributed by atoms with van der Waals surface area (Å²) in [7, 11) is 0. The van der Waals surface area contributed by atoms with Crippen LogP contribution in [0.2, 0.25) is 0 Å². The van der Waals surface area contributed by atoms with E-state index in [1.165, 1.54) is 10.8 Å². The van der Waals surface area contributed by atoms with Gasteiger partial charge in [-0.3, -0.25) is 14.3 Å². The highest BCUT2D eigenvalue weighted by Gasteiger charge is 2.32. The molecule has 1 aromatic heterocycles. The second-order valence-corrected chi connectivity index (χ2v) is 4.50. The van der Waals surface area contributed by atoms with E-state index in [-0.39, 0.29) is 18.9 Å². The summed E-state index contributed by atoms with van der Waals surface area (Å²) in [5.74, 6) is 0. The molecule has 0 aliphatic carbocycles. The molecule has 0 amide bonds. The average molecular weight is 255 g/mol. The summed E-state index contributed by atoms with van der Waals surface area (Å²) >= 11 is 0. The largest absolute Gasteiger partial charge is 0.390 e. The lowest BCUT2D eigenvalue weighted by Gasteiger charge is -2.14. The van der Waals surface area contributed by atoms with E-state index in [1.807, 2.05) is 6.92 Å². The monoisotopic (exact) mass is 255 g/mol. The van der Waals surface area contributed by atoms with E-state index in [0.717, 1.165) is 6.42 Å². The third-order valence-electron chi connectivity index (χ3n) is 3.08. The Morgan fingerprint density at radius 3 is 3.06 bits per heavy atom. The van der Waals surface area contributed by atoms with Gasteiger partial charge in [0.1, 0.15) is 6.23 Å². The summed E-state index contributed by atoms with van der Waals surface area (Å²) in [6, 6.07) is 0. The maximum absolute atomic E-state index is 11.8. The van der Waals surface area contributed by atoms with Crippen molar-refractivity contribution in [2.45, 2.75) is 51.5 Å². The fourth-order valence-corrected chi connectivity index (χ4v) is 2.07. The molecule has 0 saturated carbocycles. The van der Waals surface area contributed by atoms with Crippen LogP contribution in [-0.2, 0) is 11.2 Å². The van der Waals surface area contributed by atoms with Crippen molar-refractivity contribution in [2.24, 2.45) is 0 Å². The van der Waals surface area contributed by atoms with Crippen molar-refractivity contribution in [3.05, 3.63) is 32.6 Å². The van der Waals surface area contributed by atoms with Crippen LogP contribution in [0, 0.1) is 0 Å². The van der Waals surface area contributed by atoms with Gasteiger partial charge in [-0.25, -0.2) is 4.79 Å². The molecule has 6 nitrogen and oxygen atoms in total. The van der Waals surface area contributed by atoms with Gasteiger partial charge in [-0.1, -0.05) is 13.3 Å². The van der Waals surface area contributed by atoms with Crippen LogP contribution in [0.1, 0.15) is 39.8 Å². The Balaban J connectivity index is 2.33. The van der Waals surface area contributed by atoms with E-state index < -0.39 is 24.1 Å². The van der Waals surface area contributed by atoms with Gasteiger partial charge in [-0.15, -0.1) is 0 Å². The van der Waals surface area contributed by atoms with Crippen LogP contribution in [0.3, 0.4) is 0 Å². The Hall–Kier alpha value is -1.40. The number of rotatable bonds is 3.